The summed E-state index contributed by atoms with van der Waals surface area (Å²) in [6, 6.07) is 4.94. The Morgan fingerprint density at radius 2 is 2.00 bits per heavy atom. The van der Waals surface area contributed by atoms with Gasteiger partial charge in [-0.2, -0.15) is 0 Å². The molecule has 1 amide bonds. The van der Waals surface area contributed by atoms with Gasteiger partial charge in [0.05, 0.1) is 17.0 Å². The van der Waals surface area contributed by atoms with Crippen LogP contribution < -0.4 is 5.32 Å². The van der Waals surface area contributed by atoms with Crippen molar-refractivity contribution < 1.29 is 14.7 Å². The van der Waals surface area contributed by atoms with E-state index in [0.29, 0.717) is 23.0 Å². The SMILES string of the molecule is O=C(NC1C=CC(C(=O)O)C1)c1cccc2nccnc12. The van der Waals surface area contributed by atoms with E-state index < -0.39 is 11.9 Å². The lowest BCUT2D eigenvalue weighted by molar-refractivity contribution is -0.140. The molecule has 0 spiro atoms. The van der Waals surface area contributed by atoms with Crippen LogP contribution >= 0.6 is 0 Å². The molecule has 1 aromatic heterocycles. The molecule has 0 aliphatic heterocycles. The molecule has 3 rings (SSSR count). The van der Waals surface area contributed by atoms with E-state index in [1.807, 2.05) is 0 Å². The predicted octanol–water partition coefficient (Wildman–Crippen LogP) is 1.39. The summed E-state index contributed by atoms with van der Waals surface area (Å²) < 4.78 is 0. The summed E-state index contributed by atoms with van der Waals surface area (Å²) in [4.78, 5) is 31.6. The Bertz CT molecular complexity index is 737. The molecule has 1 aliphatic rings. The third kappa shape index (κ3) is 2.60. The maximum atomic E-state index is 12.3. The van der Waals surface area contributed by atoms with Crippen LogP contribution in [0.5, 0.6) is 0 Å². The molecule has 106 valence electrons. The number of carboxylic acids is 1. The van der Waals surface area contributed by atoms with Gasteiger partial charge in [-0.1, -0.05) is 18.2 Å². The molecule has 6 nitrogen and oxygen atoms in total. The number of amides is 1. The number of nitrogens with zero attached hydrogens (tertiary/aromatic N) is 2. The van der Waals surface area contributed by atoms with Gasteiger partial charge in [-0.3, -0.25) is 19.6 Å². The molecule has 0 saturated heterocycles. The zero-order valence-corrected chi connectivity index (χ0v) is 11.1. The van der Waals surface area contributed by atoms with Crippen LogP contribution in [0.1, 0.15) is 16.8 Å². The van der Waals surface area contributed by atoms with E-state index in [9.17, 15) is 9.59 Å². The number of hydrogen-bond donors (Lipinski definition) is 2. The Labute approximate surface area is 120 Å². The zero-order valence-electron chi connectivity index (χ0n) is 11.1. The van der Waals surface area contributed by atoms with E-state index >= 15 is 0 Å². The van der Waals surface area contributed by atoms with Crippen LogP contribution in [0.4, 0.5) is 0 Å². The van der Waals surface area contributed by atoms with E-state index in [2.05, 4.69) is 15.3 Å². The summed E-state index contributed by atoms with van der Waals surface area (Å²) in [5.74, 6) is -1.69. The van der Waals surface area contributed by atoms with E-state index in [0.717, 1.165) is 0 Å². The second-order valence-electron chi connectivity index (χ2n) is 4.87. The van der Waals surface area contributed by atoms with Gasteiger partial charge in [0.2, 0.25) is 0 Å². The Morgan fingerprint density at radius 1 is 1.19 bits per heavy atom. The van der Waals surface area contributed by atoms with Crippen molar-refractivity contribution in [3.05, 3.63) is 48.3 Å². The number of para-hydroxylation sites is 1. The quantitative estimate of drug-likeness (QED) is 0.830. The fourth-order valence-corrected chi connectivity index (χ4v) is 2.41. The van der Waals surface area contributed by atoms with Gasteiger partial charge in [-0.25, -0.2) is 0 Å². The van der Waals surface area contributed by atoms with Crippen LogP contribution in [-0.4, -0.2) is 33.0 Å². The Morgan fingerprint density at radius 3 is 2.76 bits per heavy atom. The van der Waals surface area contributed by atoms with E-state index in [1.165, 1.54) is 6.20 Å². The van der Waals surface area contributed by atoms with E-state index in [1.54, 1.807) is 36.5 Å². The highest BCUT2D eigenvalue weighted by atomic mass is 16.4. The van der Waals surface area contributed by atoms with Crippen LogP contribution in [0.2, 0.25) is 0 Å². The number of aliphatic carboxylic acids is 1. The molecule has 2 unspecified atom stereocenters. The molecule has 6 heteroatoms. The van der Waals surface area contributed by atoms with Gasteiger partial charge in [0, 0.05) is 18.4 Å². The number of nitrogens with one attached hydrogen (secondary N) is 1. The minimum atomic E-state index is -0.876. The molecular formula is C15H13N3O3. The number of hydrogen-bond acceptors (Lipinski definition) is 4. The van der Waals surface area contributed by atoms with Crippen molar-refractivity contribution in [3.8, 4) is 0 Å². The van der Waals surface area contributed by atoms with Crippen LogP contribution in [0, 0.1) is 5.92 Å². The smallest absolute Gasteiger partial charge is 0.310 e. The summed E-state index contributed by atoms with van der Waals surface area (Å²) in [6.45, 7) is 0. The first-order chi connectivity index (χ1) is 10.1. The summed E-state index contributed by atoms with van der Waals surface area (Å²) in [5, 5.41) is 11.8. The summed E-state index contributed by atoms with van der Waals surface area (Å²) in [7, 11) is 0. The Balaban J connectivity index is 1.80. The lowest BCUT2D eigenvalue weighted by Crippen LogP contribution is -2.33. The van der Waals surface area contributed by atoms with E-state index in [4.69, 9.17) is 5.11 Å². The number of carbonyl (C=O) groups is 2. The second-order valence-corrected chi connectivity index (χ2v) is 4.87. The maximum Gasteiger partial charge on any atom is 0.310 e. The number of carbonyl (C=O) groups excluding carboxylic acids is 1. The molecule has 2 aromatic rings. The molecular weight excluding hydrogens is 270 g/mol. The maximum absolute atomic E-state index is 12.3. The highest BCUT2D eigenvalue weighted by molar-refractivity contribution is 6.04. The van der Waals surface area contributed by atoms with Crippen molar-refractivity contribution in [3.63, 3.8) is 0 Å². The Kier molecular flexibility index (Phi) is 3.35. The third-order valence-electron chi connectivity index (χ3n) is 3.46. The van der Waals surface area contributed by atoms with Crippen LogP contribution in [0.15, 0.2) is 42.7 Å². The first-order valence-corrected chi connectivity index (χ1v) is 6.57. The predicted molar refractivity (Wildman–Crippen MR) is 75.7 cm³/mol. The topological polar surface area (TPSA) is 92.2 Å². The lowest BCUT2D eigenvalue weighted by atomic mass is 10.1. The van der Waals surface area contributed by atoms with Gasteiger partial charge in [0.25, 0.3) is 5.91 Å². The summed E-state index contributed by atoms with van der Waals surface area (Å²) >= 11 is 0. The fourth-order valence-electron chi connectivity index (χ4n) is 2.41. The average Bonchev–Trinajstić information content (AvgIpc) is 2.95. The van der Waals surface area contributed by atoms with Crippen molar-refractivity contribution >= 4 is 22.9 Å². The minimum Gasteiger partial charge on any atom is -0.481 e. The van der Waals surface area contributed by atoms with Crippen molar-refractivity contribution in [2.75, 3.05) is 0 Å². The minimum absolute atomic E-state index is 0.273. The fraction of sp³-hybridized carbons (Fsp3) is 0.200. The molecule has 1 aromatic carbocycles. The van der Waals surface area contributed by atoms with Crippen molar-refractivity contribution in [1.82, 2.24) is 15.3 Å². The summed E-state index contributed by atoms with van der Waals surface area (Å²) in [6.07, 6.45) is 6.80. The van der Waals surface area contributed by atoms with Crippen LogP contribution in [-0.2, 0) is 4.79 Å². The van der Waals surface area contributed by atoms with Crippen LogP contribution in [0.25, 0.3) is 11.0 Å². The third-order valence-corrected chi connectivity index (χ3v) is 3.46. The van der Waals surface area contributed by atoms with Gasteiger partial charge in [-0.05, 0) is 18.6 Å². The molecule has 2 N–H and O–H groups in total. The molecule has 1 aliphatic carbocycles. The second kappa shape index (κ2) is 5.32. The highest BCUT2D eigenvalue weighted by Gasteiger charge is 2.26. The average molecular weight is 283 g/mol. The summed E-state index contributed by atoms with van der Waals surface area (Å²) in [5.41, 5.74) is 1.62. The molecule has 2 atom stereocenters. The van der Waals surface area contributed by atoms with Crippen molar-refractivity contribution in [2.24, 2.45) is 5.92 Å². The first kappa shape index (κ1) is 13.2. The Hall–Kier alpha value is -2.76. The number of aromatic nitrogens is 2. The van der Waals surface area contributed by atoms with E-state index in [-0.39, 0.29) is 11.9 Å². The monoisotopic (exact) mass is 283 g/mol. The van der Waals surface area contributed by atoms with Gasteiger partial charge in [0.15, 0.2) is 0 Å². The first-order valence-electron chi connectivity index (χ1n) is 6.57. The van der Waals surface area contributed by atoms with Gasteiger partial charge < -0.3 is 10.4 Å². The molecule has 0 fully saturated rings. The zero-order chi connectivity index (χ0) is 14.8. The molecule has 0 bridgehead atoms. The van der Waals surface area contributed by atoms with Crippen LogP contribution in [0.3, 0.4) is 0 Å². The number of rotatable bonds is 3. The number of benzene rings is 1. The van der Waals surface area contributed by atoms with Gasteiger partial charge in [-0.15, -0.1) is 0 Å². The molecule has 1 heterocycles. The van der Waals surface area contributed by atoms with Crippen molar-refractivity contribution in [2.45, 2.75) is 12.5 Å². The molecule has 0 saturated carbocycles. The molecule has 21 heavy (non-hydrogen) atoms. The van der Waals surface area contributed by atoms with Gasteiger partial charge >= 0.3 is 5.97 Å². The lowest BCUT2D eigenvalue weighted by Gasteiger charge is -2.12. The highest BCUT2D eigenvalue weighted by Crippen LogP contribution is 2.19. The van der Waals surface area contributed by atoms with Gasteiger partial charge in [0.1, 0.15) is 5.52 Å². The standard InChI is InChI=1S/C15H13N3O3/c19-14(18-10-5-4-9(8-10)15(20)21)11-2-1-3-12-13(11)17-7-6-16-12/h1-7,9-10H,8H2,(H,18,19)(H,20,21). The van der Waals surface area contributed by atoms with Crippen molar-refractivity contribution in [1.29, 1.82) is 0 Å². The molecule has 0 radical (unpaired) electrons. The largest absolute Gasteiger partial charge is 0.481 e. The number of carboxylic acid groups (broad SMARTS) is 1. The normalized spacial score (nSPS) is 20.6. The number of fused-ring (bicyclic) bond motifs is 1.